The molecule has 1 saturated carbocycles. The van der Waals surface area contributed by atoms with E-state index in [1.54, 1.807) is 42.7 Å². The maximum absolute atomic E-state index is 12.4. The van der Waals surface area contributed by atoms with Crippen LogP contribution in [-0.2, 0) is 9.59 Å². The molecule has 2 aliphatic carbocycles. The van der Waals surface area contributed by atoms with Crippen LogP contribution in [0, 0.1) is 22.7 Å². The Morgan fingerprint density at radius 3 is 2.28 bits per heavy atom. The summed E-state index contributed by atoms with van der Waals surface area (Å²) in [7, 11) is 0. The maximum Gasteiger partial charge on any atom is 0.316 e. The SMILES string of the molecule is CC1(C(=O)O)C=CCC(C(=O)O)(C2CCC(CCN3CCN(c4nsc5ccccc45)CC3)CC2)C1.NC(=O)Nc1ccccc1. The molecule has 2 heterocycles. The van der Waals surface area contributed by atoms with E-state index in [-0.39, 0.29) is 12.3 Å². The van der Waals surface area contributed by atoms with Crippen LogP contribution in [0.1, 0.15) is 51.9 Å². The summed E-state index contributed by atoms with van der Waals surface area (Å²) >= 11 is 1.58. The Labute approximate surface area is 274 Å². The summed E-state index contributed by atoms with van der Waals surface area (Å²) in [4.78, 5) is 39.5. The summed E-state index contributed by atoms with van der Waals surface area (Å²) in [5, 5.41) is 23.6. The van der Waals surface area contributed by atoms with E-state index in [2.05, 4.69) is 39.4 Å². The normalized spacial score (nSPS) is 26.6. The maximum atomic E-state index is 12.4. The number of benzene rings is 2. The number of piperazine rings is 1. The number of allylic oxidation sites excluding steroid dienone is 1. The van der Waals surface area contributed by atoms with E-state index >= 15 is 0 Å². The van der Waals surface area contributed by atoms with E-state index in [1.165, 1.54) is 10.1 Å². The highest BCUT2D eigenvalue weighted by Gasteiger charge is 2.53. The summed E-state index contributed by atoms with van der Waals surface area (Å²) in [6.45, 7) is 6.83. The number of primary amides is 1. The quantitative estimate of drug-likeness (QED) is 0.208. The Hall–Kier alpha value is -3.96. The predicted octanol–water partition coefficient (Wildman–Crippen LogP) is 6.30. The summed E-state index contributed by atoms with van der Waals surface area (Å²) in [6.07, 6.45) is 9.12. The van der Waals surface area contributed by atoms with E-state index in [0.717, 1.165) is 76.3 Å². The molecule has 1 saturated heterocycles. The van der Waals surface area contributed by atoms with Crippen LogP contribution in [0.4, 0.5) is 16.3 Å². The molecule has 246 valence electrons. The minimum atomic E-state index is -1.10. The Bertz CT molecular complexity index is 1530. The Kier molecular flexibility index (Phi) is 10.6. The number of hydrogen-bond acceptors (Lipinski definition) is 7. The number of carboxylic acids is 2. The fourth-order valence-corrected chi connectivity index (χ4v) is 8.22. The third-order valence-electron chi connectivity index (χ3n) is 10.1. The van der Waals surface area contributed by atoms with Gasteiger partial charge in [0.15, 0.2) is 0 Å². The van der Waals surface area contributed by atoms with Crippen LogP contribution < -0.4 is 16.0 Å². The number of carboxylic acid groups (broad SMARTS) is 2. The van der Waals surface area contributed by atoms with E-state index in [4.69, 9.17) is 10.1 Å². The molecule has 0 bridgehead atoms. The van der Waals surface area contributed by atoms with Crippen molar-refractivity contribution in [1.29, 1.82) is 0 Å². The predicted molar refractivity (Wildman–Crippen MR) is 182 cm³/mol. The number of amides is 2. The number of carbonyl (C=O) groups excluding carboxylic acids is 1. The van der Waals surface area contributed by atoms with Gasteiger partial charge in [0.1, 0.15) is 5.82 Å². The minimum Gasteiger partial charge on any atom is -0.481 e. The van der Waals surface area contributed by atoms with Crippen LogP contribution in [-0.4, -0.2) is 70.2 Å². The zero-order valence-corrected chi connectivity index (χ0v) is 27.3. The van der Waals surface area contributed by atoms with Crippen molar-refractivity contribution in [3.63, 3.8) is 0 Å². The number of aromatic nitrogens is 1. The molecule has 2 unspecified atom stereocenters. The third-order valence-corrected chi connectivity index (χ3v) is 10.9. The van der Waals surface area contributed by atoms with E-state index in [0.29, 0.717) is 12.3 Å². The van der Waals surface area contributed by atoms with Crippen molar-refractivity contribution < 1.29 is 24.6 Å². The molecule has 1 aliphatic heterocycles. The second-order valence-corrected chi connectivity index (χ2v) is 14.0. The van der Waals surface area contributed by atoms with Gasteiger partial charge in [-0.15, -0.1) is 0 Å². The van der Waals surface area contributed by atoms with E-state index in [9.17, 15) is 24.6 Å². The number of nitrogens with two attached hydrogens (primary N) is 1. The third kappa shape index (κ3) is 7.70. The zero-order chi connectivity index (χ0) is 32.7. The molecule has 5 N–H and O–H groups in total. The monoisotopic (exact) mass is 647 g/mol. The average molecular weight is 648 g/mol. The number of aliphatic carboxylic acids is 2. The molecule has 2 fully saturated rings. The van der Waals surface area contributed by atoms with E-state index in [1.807, 2.05) is 18.2 Å². The van der Waals surface area contributed by atoms with Crippen molar-refractivity contribution in [2.45, 2.75) is 51.9 Å². The van der Waals surface area contributed by atoms with Crippen LogP contribution >= 0.6 is 11.5 Å². The number of fused-ring (bicyclic) bond motifs is 1. The summed E-state index contributed by atoms with van der Waals surface area (Å²) in [6, 6.07) is 17.0. The first-order valence-electron chi connectivity index (χ1n) is 16.2. The van der Waals surface area contributed by atoms with Crippen molar-refractivity contribution >= 4 is 51.1 Å². The molecule has 1 aromatic heterocycles. The van der Waals surface area contributed by atoms with Gasteiger partial charge in [0.05, 0.1) is 15.5 Å². The number of urea groups is 1. The van der Waals surface area contributed by atoms with Crippen LogP contribution in [0.3, 0.4) is 0 Å². The molecule has 10 nitrogen and oxygen atoms in total. The van der Waals surface area contributed by atoms with Gasteiger partial charge in [0.25, 0.3) is 0 Å². The number of nitrogens with zero attached hydrogens (tertiary/aromatic N) is 3. The molecule has 0 radical (unpaired) electrons. The number of carbonyl (C=O) groups is 3. The Morgan fingerprint density at radius 1 is 0.957 bits per heavy atom. The van der Waals surface area contributed by atoms with Crippen molar-refractivity contribution in [3.05, 3.63) is 66.7 Å². The summed E-state index contributed by atoms with van der Waals surface area (Å²) in [5.74, 6) is 0.0378. The van der Waals surface area contributed by atoms with Gasteiger partial charge < -0.3 is 26.2 Å². The second-order valence-electron chi connectivity index (χ2n) is 13.2. The molecule has 3 aromatic rings. The topological polar surface area (TPSA) is 149 Å². The van der Waals surface area contributed by atoms with Gasteiger partial charge in [-0.25, -0.2) is 4.79 Å². The van der Waals surface area contributed by atoms with Crippen LogP contribution in [0.15, 0.2) is 66.7 Å². The van der Waals surface area contributed by atoms with Crippen LogP contribution in [0.5, 0.6) is 0 Å². The van der Waals surface area contributed by atoms with E-state index < -0.39 is 28.8 Å². The lowest BCUT2D eigenvalue weighted by molar-refractivity contribution is -0.161. The van der Waals surface area contributed by atoms with Crippen molar-refractivity contribution in [2.24, 2.45) is 28.4 Å². The van der Waals surface area contributed by atoms with Crippen molar-refractivity contribution in [3.8, 4) is 0 Å². The van der Waals surface area contributed by atoms with Gasteiger partial charge >= 0.3 is 18.0 Å². The molecule has 2 amide bonds. The molecular formula is C35H45N5O5S. The molecule has 6 rings (SSSR count). The molecule has 2 atom stereocenters. The van der Waals surface area contributed by atoms with Gasteiger partial charge in [-0.05, 0) is 93.2 Å². The second kappa shape index (κ2) is 14.6. The molecule has 3 aliphatic rings. The van der Waals surface area contributed by atoms with Crippen LogP contribution in [0.2, 0.25) is 0 Å². The van der Waals surface area contributed by atoms with Crippen molar-refractivity contribution in [2.75, 3.05) is 42.9 Å². The Morgan fingerprint density at radius 2 is 1.63 bits per heavy atom. The number of anilines is 2. The average Bonchev–Trinajstić information content (AvgIpc) is 3.49. The van der Waals surface area contributed by atoms with Crippen molar-refractivity contribution in [1.82, 2.24) is 9.27 Å². The highest BCUT2D eigenvalue weighted by atomic mass is 32.1. The first kappa shape index (κ1) is 33.4. The highest BCUT2D eigenvalue weighted by molar-refractivity contribution is 7.13. The summed E-state index contributed by atoms with van der Waals surface area (Å²) < 4.78 is 5.96. The smallest absolute Gasteiger partial charge is 0.316 e. The lowest BCUT2D eigenvalue weighted by atomic mass is 9.57. The molecular weight excluding hydrogens is 602 g/mol. The van der Waals surface area contributed by atoms with Gasteiger partial charge in [-0.3, -0.25) is 14.5 Å². The highest BCUT2D eigenvalue weighted by Crippen LogP contribution is 2.52. The molecule has 46 heavy (non-hydrogen) atoms. The number of para-hydroxylation sites is 1. The first-order valence-corrected chi connectivity index (χ1v) is 16.9. The standard InChI is InChI=1S/C28H37N3O4S.C7H8N2O/c1-27(25(32)33)12-4-13-28(19-27,26(34)35)21-9-7-20(8-10-21)11-14-30-15-17-31(18-16-30)24-22-5-2-3-6-23(22)36-29-24;8-7(10)9-6-4-2-1-3-5-6/h2-6,12,20-21H,7-11,13-19H2,1H3,(H,32,33)(H,34,35);1-5H,(H3,8,9,10). The fourth-order valence-electron chi connectivity index (χ4n) is 7.43. The minimum absolute atomic E-state index is 0.0475. The first-order chi connectivity index (χ1) is 22.1. The van der Waals surface area contributed by atoms with Crippen LogP contribution in [0.25, 0.3) is 10.1 Å². The lowest BCUT2D eigenvalue weighted by Crippen LogP contribution is -2.48. The molecule has 0 spiro atoms. The van der Waals surface area contributed by atoms with Gasteiger partial charge in [-0.2, -0.15) is 4.37 Å². The molecule has 11 heteroatoms. The number of rotatable bonds is 8. The lowest BCUT2D eigenvalue weighted by Gasteiger charge is -2.46. The largest absolute Gasteiger partial charge is 0.481 e. The Balaban J connectivity index is 0.000000356. The van der Waals surface area contributed by atoms with Gasteiger partial charge in [0, 0.05) is 37.3 Å². The number of hydrogen-bond donors (Lipinski definition) is 4. The zero-order valence-electron chi connectivity index (χ0n) is 26.4. The fraction of sp³-hybridized carbons (Fsp3) is 0.486. The molecule has 2 aromatic carbocycles. The summed E-state index contributed by atoms with van der Waals surface area (Å²) in [5.41, 5.74) is 3.54. The number of nitrogens with one attached hydrogen (secondary N) is 1. The van der Waals surface area contributed by atoms with Gasteiger partial charge in [-0.1, -0.05) is 55.3 Å². The van der Waals surface area contributed by atoms with Gasteiger partial charge in [0.2, 0.25) is 0 Å².